The van der Waals surface area contributed by atoms with Crippen molar-refractivity contribution in [2.45, 2.75) is 26.2 Å². The molecular weight excluding hydrogens is 306 g/mol. The summed E-state index contributed by atoms with van der Waals surface area (Å²) in [5.74, 6) is -0.0611. The van der Waals surface area contributed by atoms with Gasteiger partial charge in [-0.25, -0.2) is 0 Å². The summed E-state index contributed by atoms with van der Waals surface area (Å²) in [6.45, 7) is 7.24. The number of amides is 2. The summed E-state index contributed by atoms with van der Waals surface area (Å²) in [5.41, 5.74) is 1.34. The van der Waals surface area contributed by atoms with Crippen LogP contribution in [0.25, 0.3) is 0 Å². The van der Waals surface area contributed by atoms with Crippen LogP contribution in [0.3, 0.4) is 0 Å². The van der Waals surface area contributed by atoms with Gasteiger partial charge in [-0.05, 0) is 30.7 Å². The number of carbonyl (C=O) groups is 2. The molecule has 2 rings (SSSR count). The number of ether oxygens (including phenoxy) is 1. The summed E-state index contributed by atoms with van der Waals surface area (Å²) >= 11 is 0. The molecule has 1 saturated heterocycles. The number of unbranched alkanes of at least 4 members (excludes halogenated alkanes) is 1. The lowest BCUT2D eigenvalue weighted by Gasteiger charge is -2.23. The lowest BCUT2D eigenvalue weighted by atomic mass is 10.2. The minimum Gasteiger partial charge on any atom is -0.370 e. The Morgan fingerprint density at radius 1 is 1.17 bits per heavy atom. The van der Waals surface area contributed by atoms with E-state index in [0.29, 0.717) is 18.5 Å². The average Bonchev–Trinajstić information content (AvgIpc) is 2.61. The molecule has 0 aliphatic carbocycles. The maximum Gasteiger partial charge on any atom is 0.251 e. The first kappa shape index (κ1) is 18.4. The number of anilines is 1. The Balaban J connectivity index is 1.73. The van der Waals surface area contributed by atoms with Crippen LogP contribution in [-0.4, -0.2) is 51.2 Å². The van der Waals surface area contributed by atoms with Gasteiger partial charge in [0.05, 0.1) is 26.3 Å². The third-order valence-corrected chi connectivity index (χ3v) is 4.15. The molecule has 0 saturated carbocycles. The highest BCUT2D eigenvalue weighted by atomic mass is 16.5. The van der Waals surface area contributed by atoms with E-state index in [9.17, 15) is 9.59 Å². The monoisotopic (exact) mass is 334 g/mol. The van der Waals surface area contributed by atoms with E-state index in [-0.39, 0.29) is 11.8 Å². The number of hydrogen-bond donors (Lipinski definition) is 3. The maximum absolute atomic E-state index is 12.1. The highest BCUT2D eigenvalue weighted by molar-refractivity contribution is 5.95. The highest BCUT2D eigenvalue weighted by Gasteiger charge is 2.14. The van der Waals surface area contributed by atoms with Gasteiger partial charge in [-0.1, -0.05) is 13.3 Å². The molecule has 132 valence electrons. The van der Waals surface area contributed by atoms with E-state index < -0.39 is 0 Å². The van der Waals surface area contributed by atoms with E-state index >= 15 is 0 Å². The summed E-state index contributed by atoms with van der Waals surface area (Å²) in [7, 11) is 0. The molecule has 1 aliphatic rings. The largest absolute Gasteiger partial charge is 0.370 e. The quantitative estimate of drug-likeness (QED) is 0.647. The summed E-state index contributed by atoms with van der Waals surface area (Å²) in [5, 5.41) is 5.79. The van der Waals surface area contributed by atoms with Gasteiger partial charge in [0.1, 0.15) is 13.1 Å². The molecule has 1 aromatic carbocycles. The van der Waals surface area contributed by atoms with Crippen molar-refractivity contribution >= 4 is 17.5 Å². The molecule has 3 N–H and O–H groups in total. The number of morpholine rings is 1. The first-order valence-corrected chi connectivity index (χ1v) is 8.78. The molecule has 0 unspecified atom stereocenters. The average molecular weight is 334 g/mol. The molecule has 0 radical (unpaired) electrons. The van der Waals surface area contributed by atoms with Gasteiger partial charge >= 0.3 is 0 Å². The van der Waals surface area contributed by atoms with E-state index in [4.69, 9.17) is 4.74 Å². The van der Waals surface area contributed by atoms with Gasteiger partial charge in [-0.15, -0.1) is 0 Å². The van der Waals surface area contributed by atoms with Crippen LogP contribution in [-0.2, 0) is 9.53 Å². The minimum atomic E-state index is -0.0773. The third kappa shape index (κ3) is 6.29. The zero-order valence-corrected chi connectivity index (χ0v) is 14.4. The number of benzene rings is 1. The molecular formula is C18H28N3O3+. The second-order valence-electron chi connectivity index (χ2n) is 6.10. The van der Waals surface area contributed by atoms with Gasteiger partial charge in [0.15, 0.2) is 0 Å². The Morgan fingerprint density at radius 3 is 2.54 bits per heavy atom. The Labute approximate surface area is 143 Å². The fourth-order valence-corrected chi connectivity index (χ4v) is 2.63. The second-order valence-corrected chi connectivity index (χ2v) is 6.10. The topological polar surface area (TPSA) is 71.9 Å². The van der Waals surface area contributed by atoms with Crippen molar-refractivity contribution in [2.24, 2.45) is 0 Å². The molecule has 0 spiro atoms. The fraction of sp³-hybridized carbons (Fsp3) is 0.556. The molecule has 1 heterocycles. The summed E-state index contributed by atoms with van der Waals surface area (Å²) in [4.78, 5) is 25.3. The molecule has 1 fully saturated rings. The lowest BCUT2D eigenvalue weighted by Crippen LogP contribution is -3.14. The van der Waals surface area contributed by atoms with E-state index in [2.05, 4.69) is 17.6 Å². The molecule has 1 aromatic rings. The van der Waals surface area contributed by atoms with Crippen LogP contribution in [0.1, 0.15) is 36.5 Å². The fourth-order valence-electron chi connectivity index (χ4n) is 2.63. The van der Waals surface area contributed by atoms with Gasteiger partial charge in [0.2, 0.25) is 5.91 Å². The minimum absolute atomic E-state index is 0.0162. The van der Waals surface area contributed by atoms with E-state index in [1.54, 1.807) is 24.3 Å². The standard InChI is InChI=1S/C18H27N3O3/c1-2-3-4-17(22)20-16-7-5-15(6-8-16)18(23)19-9-10-21-11-13-24-14-12-21/h5-8H,2-4,9-14H2,1H3,(H,19,23)(H,20,22)/p+1. The molecule has 1 aliphatic heterocycles. The van der Waals surface area contributed by atoms with Crippen LogP contribution >= 0.6 is 0 Å². The first-order chi connectivity index (χ1) is 11.7. The van der Waals surface area contributed by atoms with Gasteiger partial charge < -0.3 is 20.3 Å². The molecule has 2 amide bonds. The Bertz CT molecular complexity index is 525. The predicted octanol–water partition coefficient (Wildman–Crippen LogP) is 0.460. The Morgan fingerprint density at radius 2 is 1.88 bits per heavy atom. The van der Waals surface area contributed by atoms with E-state index in [1.165, 1.54) is 4.90 Å². The smallest absolute Gasteiger partial charge is 0.251 e. The Hall–Kier alpha value is -1.92. The summed E-state index contributed by atoms with van der Waals surface area (Å²) < 4.78 is 5.32. The van der Waals surface area contributed by atoms with Crippen molar-refractivity contribution in [1.82, 2.24) is 5.32 Å². The number of carbonyl (C=O) groups excluding carboxylic acids is 2. The SMILES string of the molecule is CCCCC(=O)Nc1ccc(C(=O)NCC[NH+]2CCOCC2)cc1. The highest BCUT2D eigenvalue weighted by Crippen LogP contribution is 2.10. The summed E-state index contributed by atoms with van der Waals surface area (Å²) in [6.07, 6.45) is 2.42. The molecule has 0 aromatic heterocycles. The molecule has 24 heavy (non-hydrogen) atoms. The van der Waals surface area contributed by atoms with Crippen LogP contribution < -0.4 is 15.5 Å². The van der Waals surface area contributed by atoms with E-state index in [1.807, 2.05) is 0 Å². The van der Waals surface area contributed by atoms with E-state index in [0.717, 1.165) is 51.4 Å². The van der Waals surface area contributed by atoms with Crippen molar-refractivity contribution in [1.29, 1.82) is 0 Å². The predicted molar refractivity (Wildman–Crippen MR) is 93.3 cm³/mol. The number of rotatable bonds is 8. The van der Waals surface area contributed by atoms with Crippen LogP contribution in [0.5, 0.6) is 0 Å². The van der Waals surface area contributed by atoms with Crippen molar-refractivity contribution in [3.63, 3.8) is 0 Å². The van der Waals surface area contributed by atoms with Crippen LogP contribution in [0.2, 0.25) is 0 Å². The zero-order chi connectivity index (χ0) is 17.2. The van der Waals surface area contributed by atoms with Crippen LogP contribution in [0.15, 0.2) is 24.3 Å². The normalized spacial score (nSPS) is 15.0. The van der Waals surface area contributed by atoms with Gasteiger partial charge in [-0.2, -0.15) is 0 Å². The summed E-state index contributed by atoms with van der Waals surface area (Å²) in [6, 6.07) is 7.02. The van der Waals surface area contributed by atoms with Gasteiger partial charge in [0.25, 0.3) is 5.91 Å². The Kier molecular flexibility index (Phi) is 7.71. The van der Waals surface area contributed by atoms with Crippen LogP contribution in [0.4, 0.5) is 5.69 Å². The molecule has 0 atom stereocenters. The van der Waals surface area contributed by atoms with Gasteiger partial charge in [-0.3, -0.25) is 9.59 Å². The van der Waals surface area contributed by atoms with Crippen LogP contribution in [0, 0.1) is 0 Å². The van der Waals surface area contributed by atoms with Gasteiger partial charge in [0, 0.05) is 17.7 Å². The number of quaternary nitrogens is 1. The van der Waals surface area contributed by atoms with Crippen molar-refractivity contribution < 1.29 is 19.2 Å². The third-order valence-electron chi connectivity index (χ3n) is 4.15. The maximum atomic E-state index is 12.1. The van der Waals surface area contributed by atoms with Crippen molar-refractivity contribution in [2.75, 3.05) is 44.7 Å². The molecule has 6 heteroatoms. The lowest BCUT2D eigenvalue weighted by molar-refractivity contribution is -0.906. The van der Waals surface area contributed by atoms with Crippen molar-refractivity contribution in [3.05, 3.63) is 29.8 Å². The number of nitrogens with one attached hydrogen (secondary N) is 3. The van der Waals surface area contributed by atoms with Crippen molar-refractivity contribution in [3.8, 4) is 0 Å². The zero-order valence-electron chi connectivity index (χ0n) is 14.4. The first-order valence-electron chi connectivity index (χ1n) is 8.78. The molecule has 0 bridgehead atoms. The second kappa shape index (κ2) is 10.1. The number of hydrogen-bond acceptors (Lipinski definition) is 3. The molecule has 6 nitrogen and oxygen atoms in total.